The number of sulfonamides is 1. The van der Waals surface area contributed by atoms with E-state index in [0.29, 0.717) is 12.1 Å². The van der Waals surface area contributed by atoms with Gasteiger partial charge in [-0.1, -0.05) is 0 Å². The van der Waals surface area contributed by atoms with Gasteiger partial charge in [-0.3, -0.25) is 9.52 Å². The molecule has 0 radical (unpaired) electrons. The SMILES string of the molecule is CC(CCC(=O)O)Nc1ccc(NS(C)(=O)=O)cc1. The van der Waals surface area contributed by atoms with Gasteiger partial charge in [-0.25, -0.2) is 8.42 Å². The Morgan fingerprint density at radius 3 is 2.26 bits per heavy atom. The number of benzene rings is 1. The molecule has 106 valence electrons. The van der Waals surface area contributed by atoms with Gasteiger partial charge in [0.15, 0.2) is 0 Å². The molecule has 1 atom stereocenters. The number of carboxylic acids is 1. The smallest absolute Gasteiger partial charge is 0.303 e. The molecular formula is C12H18N2O4S. The minimum atomic E-state index is -3.27. The molecule has 0 amide bonds. The average molecular weight is 286 g/mol. The standard InChI is InChI=1S/C12H18N2O4S/c1-9(3-8-12(15)16)13-10-4-6-11(7-5-10)14-19(2,17)18/h4-7,9,13-14H,3,8H2,1-2H3,(H,15,16). The summed E-state index contributed by atoms with van der Waals surface area (Å²) in [4.78, 5) is 10.4. The lowest BCUT2D eigenvalue weighted by atomic mass is 10.1. The molecule has 0 aliphatic heterocycles. The van der Waals surface area contributed by atoms with E-state index < -0.39 is 16.0 Å². The van der Waals surface area contributed by atoms with Crippen molar-refractivity contribution in [3.05, 3.63) is 24.3 Å². The maximum absolute atomic E-state index is 11.0. The van der Waals surface area contributed by atoms with Crippen LogP contribution in [0.15, 0.2) is 24.3 Å². The van der Waals surface area contributed by atoms with E-state index in [0.717, 1.165) is 11.9 Å². The van der Waals surface area contributed by atoms with E-state index in [4.69, 9.17) is 5.11 Å². The van der Waals surface area contributed by atoms with E-state index in [1.54, 1.807) is 24.3 Å². The second-order valence-corrected chi connectivity index (χ2v) is 6.18. The Labute approximate surface area is 112 Å². The lowest BCUT2D eigenvalue weighted by Gasteiger charge is -2.14. The molecule has 0 saturated heterocycles. The Bertz CT molecular complexity index is 525. The highest BCUT2D eigenvalue weighted by Crippen LogP contribution is 2.16. The van der Waals surface area contributed by atoms with Gasteiger partial charge in [0, 0.05) is 23.8 Å². The first-order chi connectivity index (χ1) is 8.76. The molecule has 1 rings (SSSR count). The van der Waals surface area contributed by atoms with Gasteiger partial charge < -0.3 is 10.4 Å². The number of nitrogens with one attached hydrogen (secondary N) is 2. The molecule has 0 spiro atoms. The van der Waals surface area contributed by atoms with Crippen LogP contribution >= 0.6 is 0 Å². The van der Waals surface area contributed by atoms with Crippen LogP contribution in [0.3, 0.4) is 0 Å². The first-order valence-electron chi connectivity index (χ1n) is 5.82. The molecule has 0 aliphatic rings. The predicted molar refractivity (Wildman–Crippen MR) is 74.9 cm³/mol. The van der Waals surface area contributed by atoms with Crippen molar-refractivity contribution in [2.45, 2.75) is 25.8 Å². The molecule has 19 heavy (non-hydrogen) atoms. The number of rotatable bonds is 7. The fourth-order valence-corrected chi connectivity index (χ4v) is 2.11. The number of hydrogen-bond donors (Lipinski definition) is 3. The van der Waals surface area contributed by atoms with Crippen molar-refractivity contribution in [1.82, 2.24) is 0 Å². The summed E-state index contributed by atoms with van der Waals surface area (Å²) in [5.41, 5.74) is 1.31. The molecule has 1 aromatic carbocycles. The zero-order valence-corrected chi connectivity index (χ0v) is 11.7. The van der Waals surface area contributed by atoms with Crippen molar-refractivity contribution in [3.63, 3.8) is 0 Å². The Balaban J connectivity index is 2.54. The normalized spacial score (nSPS) is 12.7. The molecule has 0 heterocycles. The van der Waals surface area contributed by atoms with Crippen LogP contribution in [0, 0.1) is 0 Å². The third-order valence-electron chi connectivity index (χ3n) is 2.39. The van der Waals surface area contributed by atoms with Crippen molar-refractivity contribution in [2.75, 3.05) is 16.3 Å². The van der Waals surface area contributed by atoms with Crippen molar-refractivity contribution in [2.24, 2.45) is 0 Å². The second-order valence-electron chi connectivity index (χ2n) is 4.43. The molecule has 3 N–H and O–H groups in total. The lowest BCUT2D eigenvalue weighted by Crippen LogP contribution is -2.16. The van der Waals surface area contributed by atoms with Gasteiger partial charge in [-0.05, 0) is 37.6 Å². The Morgan fingerprint density at radius 2 is 1.79 bits per heavy atom. The third kappa shape index (κ3) is 6.66. The van der Waals surface area contributed by atoms with E-state index in [-0.39, 0.29) is 12.5 Å². The number of carboxylic acid groups (broad SMARTS) is 1. The van der Waals surface area contributed by atoms with Gasteiger partial charge >= 0.3 is 5.97 Å². The molecule has 7 heteroatoms. The van der Waals surface area contributed by atoms with Crippen LogP contribution in [0.5, 0.6) is 0 Å². The lowest BCUT2D eigenvalue weighted by molar-refractivity contribution is -0.137. The van der Waals surface area contributed by atoms with Gasteiger partial charge in [-0.2, -0.15) is 0 Å². The largest absolute Gasteiger partial charge is 0.481 e. The zero-order valence-electron chi connectivity index (χ0n) is 10.9. The summed E-state index contributed by atoms with van der Waals surface area (Å²) in [7, 11) is -3.27. The summed E-state index contributed by atoms with van der Waals surface area (Å²) in [5.74, 6) is -0.818. The third-order valence-corrected chi connectivity index (χ3v) is 3.00. The van der Waals surface area contributed by atoms with Crippen LogP contribution < -0.4 is 10.0 Å². The molecule has 0 aromatic heterocycles. The summed E-state index contributed by atoms with van der Waals surface area (Å²) in [6, 6.07) is 6.81. The van der Waals surface area contributed by atoms with Gasteiger partial charge in [0.1, 0.15) is 0 Å². The highest BCUT2D eigenvalue weighted by atomic mass is 32.2. The van der Waals surface area contributed by atoms with Crippen molar-refractivity contribution in [1.29, 1.82) is 0 Å². The molecule has 0 aliphatic carbocycles. The van der Waals surface area contributed by atoms with Crippen LogP contribution in [0.4, 0.5) is 11.4 Å². The van der Waals surface area contributed by atoms with Gasteiger partial charge in [-0.15, -0.1) is 0 Å². The summed E-state index contributed by atoms with van der Waals surface area (Å²) < 4.78 is 24.4. The number of aliphatic carboxylic acids is 1. The Morgan fingerprint density at radius 1 is 1.26 bits per heavy atom. The summed E-state index contributed by atoms with van der Waals surface area (Å²) in [6.07, 6.45) is 1.73. The first-order valence-corrected chi connectivity index (χ1v) is 7.71. The maximum Gasteiger partial charge on any atom is 0.303 e. The Hall–Kier alpha value is -1.76. The van der Waals surface area contributed by atoms with E-state index in [1.165, 1.54) is 0 Å². The molecule has 1 unspecified atom stereocenters. The summed E-state index contributed by atoms with van der Waals surface area (Å²) in [6.45, 7) is 1.89. The van der Waals surface area contributed by atoms with Crippen molar-refractivity contribution in [3.8, 4) is 0 Å². The minimum Gasteiger partial charge on any atom is -0.481 e. The monoisotopic (exact) mass is 286 g/mol. The fourth-order valence-electron chi connectivity index (χ4n) is 1.55. The maximum atomic E-state index is 11.0. The second kappa shape index (κ2) is 6.42. The number of anilines is 2. The van der Waals surface area contributed by atoms with Crippen LogP contribution in [0.2, 0.25) is 0 Å². The number of carbonyl (C=O) groups is 1. The van der Waals surface area contributed by atoms with Gasteiger partial charge in [0.05, 0.1) is 6.26 Å². The molecule has 0 bridgehead atoms. The number of hydrogen-bond acceptors (Lipinski definition) is 4. The van der Waals surface area contributed by atoms with Crippen LogP contribution in [-0.2, 0) is 14.8 Å². The van der Waals surface area contributed by atoms with Crippen LogP contribution in [0.1, 0.15) is 19.8 Å². The first kappa shape index (κ1) is 15.3. The predicted octanol–water partition coefficient (Wildman–Crippen LogP) is 1.72. The molecular weight excluding hydrogens is 268 g/mol. The quantitative estimate of drug-likeness (QED) is 0.709. The van der Waals surface area contributed by atoms with Crippen molar-refractivity contribution < 1.29 is 18.3 Å². The fraction of sp³-hybridized carbons (Fsp3) is 0.417. The average Bonchev–Trinajstić information content (AvgIpc) is 2.27. The molecule has 6 nitrogen and oxygen atoms in total. The summed E-state index contributed by atoms with van der Waals surface area (Å²) in [5, 5.41) is 11.7. The molecule has 0 fully saturated rings. The van der Waals surface area contributed by atoms with E-state index in [1.807, 2.05) is 6.92 Å². The van der Waals surface area contributed by atoms with Crippen LogP contribution in [-0.4, -0.2) is 31.8 Å². The summed E-state index contributed by atoms with van der Waals surface area (Å²) >= 11 is 0. The van der Waals surface area contributed by atoms with E-state index >= 15 is 0 Å². The topological polar surface area (TPSA) is 95.5 Å². The van der Waals surface area contributed by atoms with Gasteiger partial charge in [0.25, 0.3) is 0 Å². The van der Waals surface area contributed by atoms with E-state index in [2.05, 4.69) is 10.0 Å². The zero-order chi connectivity index (χ0) is 14.5. The minimum absolute atomic E-state index is 0.0322. The Kier molecular flexibility index (Phi) is 5.17. The van der Waals surface area contributed by atoms with Crippen molar-refractivity contribution >= 4 is 27.4 Å². The highest BCUT2D eigenvalue weighted by molar-refractivity contribution is 7.92. The van der Waals surface area contributed by atoms with E-state index in [9.17, 15) is 13.2 Å². The van der Waals surface area contributed by atoms with Gasteiger partial charge in [0.2, 0.25) is 10.0 Å². The van der Waals surface area contributed by atoms with Crippen LogP contribution in [0.25, 0.3) is 0 Å². The molecule has 1 aromatic rings. The highest BCUT2D eigenvalue weighted by Gasteiger charge is 2.06. The molecule has 0 saturated carbocycles.